The highest BCUT2D eigenvalue weighted by molar-refractivity contribution is 7.89. The van der Waals surface area contributed by atoms with Gasteiger partial charge in [-0.1, -0.05) is 48.5 Å². The molecule has 0 saturated carbocycles. The number of rotatable bonds is 7. The van der Waals surface area contributed by atoms with Crippen LogP contribution in [-0.2, 0) is 30.8 Å². The van der Waals surface area contributed by atoms with Gasteiger partial charge in [0.25, 0.3) is 11.6 Å². The molecule has 0 atom stereocenters. The SMILES string of the molecule is O=C(Cc1ccccc1[N+](=O)[O-])OCC(=O)N1CCN(S(=O)(=O)c2ccc3ccccc3c2)CC1. The first kappa shape index (κ1) is 24.3. The number of carbonyl (C=O) groups excluding carboxylic acids is 2. The molecule has 0 bridgehead atoms. The van der Waals surface area contributed by atoms with E-state index in [0.717, 1.165) is 10.8 Å². The molecule has 3 aromatic carbocycles. The molecule has 4 rings (SSSR count). The monoisotopic (exact) mass is 497 g/mol. The molecule has 35 heavy (non-hydrogen) atoms. The molecule has 1 heterocycles. The minimum atomic E-state index is -3.72. The van der Waals surface area contributed by atoms with Gasteiger partial charge in [-0.25, -0.2) is 8.42 Å². The molecule has 1 fully saturated rings. The highest BCUT2D eigenvalue weighted by Crippen LogP contribution is 2.23. The molecule has 3 aromatic rings. The molecule has 0 N–H and O–H groups in total. The molecule has 0 unspecified atom stereocenters. The fraction of sp³-hybridized carbons (Fsp3) is 0.250. The number of amides is 1. The van der Waals surface area contributed by atoms with E-state index in [1.54, 1.807) is 24.3 Å². The van der Waals surface area contributed by atoms with Gasteiger partial charge in [-0.05, 0) is 22.9 Å². The van der Waals surface area contributed by atoms with Crippen LogP contribution >= 0.6 is 0 Å². The zero-order valence-corrected chi connectivity index (χ0v) is 19.5. The van der Waals surface area contributed by atoms with E-state index in [1.165, 1.54) is 27.4 Å². The van der Waals surface area contributed by atoms with Gasteiger partial charge >= 0.3 is 5.97 Å². The van der Waals surface area contributed by atoms with Crippen molar-refractivity contribution < 1.29 is 27.7 Å². The minimum Gasteiger partial charge on any atom is -0.455 e. The highest BCUT2D eigenvalue weighted by atomic mass is 32.2. The number of piperazine rings is 1. The number of esters is 1. The number of hydrogen-bond donors (Lipinski definition) is 0. The largest absolute Gasteiger partial charge is 0.455 e. The lowest BCUT2D eigenvalue weighted by atomic mass is 10.1. The van der Waals surface area contributed by atoms with Gasteiger partial charge in [0.2, 0.25) is 10.0 Å². The van der Waals surface area contributed by atoms with Crippen molar-refractivity contribution in [2.45, 2.75) is 11.3 Å². The number of hydrogen-bond acceptors (Lipinski definition) is 7. The molecule has 1 saturated heterocycles. The normalized spacial score (nSPS) is 14.6. The van der Waals surface area contributed by atoms with E-state index in [2.05, 4.69) is 0 Å². The Bertz CT molecular complexity index is 1380. The third-order valence-corrected chi connectivity index (χ3v) is 7.72. The number of benzene rings is 3. The van der Waals surface area contributed by atoms with Crippen molar-refractivity contribution in [2.24, 2.45) is 0 Å². The Balaban J connectivity index is 1.30. The van der Waals surface area contributed by atoms with E-state index in [1.807, 2.05) is 24.3 Å². The van der Waals surface area contributed by atoms with E-state index in [0.29, 0.717) is 0 Å². The third kappa shape index (κ3) is 5.47. The van der Waals surface area contributed by atoms with Crippen molar-refractivity contribution in [2.75, 3.05) is 32.8 Å². The van der Waals surface area contributed by atoms with Crippen molar-refractivity contribution >= 4 is 38.4 Å². The zero-order chi connectivity index (χ0) is 25.0. The highest BCUT2D eigenvalue weighted by Gasteiger charge is 2.30. The van der Waals surface area contributed by atoms with Gasteiger partial charge in [0.15, 0.2) is 6.61 Å². The number of para-hydroxylation sites is 1. The lowest BCUT2D eigenvalue weighted by molar-refractivity contribution is -0.385. The topological polar surface area (TPSA) is 127 Å². The molecule has 0 aliphatic carbocycles. The molecule has 10 nitrogen and oxygen atoms in total. The van der Waals surface area contributed by atoms with Crippen molar-refractivity contribution in [3.8, 4) is 0 Å². The Kier molecular flexibility index (Phi) is 7.08. The Morgan fingerprint density at radius 1 is 0.914 bits per heavy atom. The van der Waals surface area contributed by atoms with Crippen LogP contribution in [0.25, 0.3) is 10.8 Å². The number of carbonyl (C=O) groups is 2. The summed E-state index contributed by atoms with van der Waals surface area (Å²) in [5.41, 5.74) is 0.00184. The van der Waals surface area contributed by atoms with Crippen LogP contribution in [0.4, 0.5) is 5.69 Å². The fourth-order valence-corrected chi connectivity index (χ4v) is 5.39. The van der Waals surface area contributed by atoms with Gasteiger partial charge in [-0.3, -0.25) is 19.7 Å². The first-order chi connectivity index (χ1) is 16.8. The van der Waals surface area contributed by atoms with Gasteiger partial charge in [0, 0.05) is 37.8 Å². The van der Waals surface area contributed by atoms with Crippen molar-refractivity contribution in [3.05, 3.63) is 82.4 Å². The van der Waals surface area contributed by atoms with Crippen molar-refractivity contribution in [1.82, 2.24) is 9.21 Å². The van der Waals surface area contributed by atoms with E-state index >= 15 is 0 Å². The lowest BCUT2D eigenvalue weighted by Gasteiger charge is -2.33. The number of nitrogens with zero attached hydrogens (tertiary/aromatic N) is 3. The Morgan fingerprint density at radius 2 is 1.57 bits per heavy atom. The molecule has 0 radical (unpaired) electrons. The number of fused-ring (bicyclic) bond motifs is 1. The van der Waals surface area contributed by atoms with Crippen molar-refractivity contribution in [1.29, 1.82) is 0 Å². The summed E-state index contributed by atoms with van der Waals surface area (Å²) in [5, 5.41) is 12.8. The third-order valence-electron chi connectivity index (χ3n) is 5.83. The van der Waals surface area contributed by atoms with Crippen LogP contribution in [0.5, 0.6) is 0 Å². The standard InChI is InChI=1S/C24H23N3O7S/c28-23(17-34-24(29)16-20-7-3-4-8-22(20)27(30)31)25-11-13-26(14-12-25)35(32,33)21-10-9-18-5-1-2-6-19(18)15-21/h1-10,15H,11-14,16-17H2. The Hall–Kier alpha value is -3.83. The molecule has 1 aliphatic rings. The summed E-state index contributed by atoms with van der Waals surface area (Å²) in [6.45, 7) is 0.0354. The fourth-order valence-electron chi connectivity index (χ4n) is 3.93. The molecule has 11 heteroatoms. The summed E-state index contributed by atoms with van der Waals surface area (Å²) >= 11 is 0. The zero-order valence-electron chi connectivity index (χ0n) is 18.7. The van der Waals surface area contributed by atoms with Gasteiger partial charge < -0.3 is 9.64 Å². The molecule has 1 amide bonds. The first-order valence-corrected chi connectivity index (χ1v) is 12.3. The molecule has 1 aliphatic heterocycles. The lowest BCUT2D eigenvalue weighted by Crippen LogP contribution is -2.51. The minimum absolute atomic E-state index is 0.116. The summed E-state index contributed by atoms with van der Waals surface area (Å²) in [6.07, 6.45) is -0.331. The van der Waals surface area contributed by atoms with Crippen LogP contribution in [0, 0.1) is 10.1 Å². The Morgan fingerprint density at radius 3 is 2.29 bits per heavy atom. The number of ether oxygens (including phenoxy) is 1. The molecule has 182 valence electrons. The second-order valence-corrected chi connectivity index (χ2v) is 9.96. The van der Waals surface area contributed by atoms with Gasteiger partial charge in [-0.2, -0.15) is 4.31 Å². The average Bonchev–Trinajstić information content (AvgIpc) is 2.87. The molecular weight excluding hydrogens is 474 g/mol. The second-order valence-electron chi connectivity index (χ2n) is 8.02. The maximum atomic E-state index is 13.1. The van der Waals surface area contributed by atoms with Crippen LogP contribution in [0.3, 0.4) is 0 Å². The van der Waals surface area contributed by atoms with Crippen molar-refractivity contribution in [3.63, 3.8) is 0 Å². The number of nitro groups is 1. The summed E-state index contributed by atoms with van der Waals surface area (Å²) in [7, 11) is -3.72. The summed E-state index contributed by atoms with van der Waals surface area (Å²) < 4.78 is 32.5. The van der Waals surface area contributed by atoms with Crippen LogP contribution in [0.15, 0.2) is 71.6 Å². The van der Waals surface area contributed by atoms with E-state index in [9.17, 15) is 28.1 Å². The second kappa shape index (κ2) is 10.2. The summed E-state index contributed by atoms with van der Waals surface area (Å²) in [5.74, 6) is -1.21. The van der Waals surface area contributed by atoms with Gasteiger partial charge in [-0.15, -0.1) is 0 Å². The van der Waals surface area contributed by atoms with Crippen LogP contribution in [-0.4, -0.2) is 67.2 Å². The van der Waals surface area contributed by atoms with Crippen LogP contribution < -0.4 is 0 Å². The van der Waals surface area contributed by atoms with Crippen LogP contribution in [0.2, 0.25) is 0 Å². The smallest absolute Gasteiger partial charge is 0.311 e. The number of nitro benzene ring substituents is 1. The van der Waals surface area contributed by atoms with Gasteiger partial charge in [0.1, 0.15) is 0 Å². The van der Waals surface area contributed by atoms with E-state index in [4.69, 9.17) is 4.74 Å². The van der Waals surface area contributed by atoms with E-state index < -0.39 is 33.4 Å². The molecule has 0 spiro atoms. The first-order valence-electron chi connectivity index (χ1n) is 10.9. The summed E-state index contributed by atoms with van der Waals surface area (Å²) in [4.78, 5) is 36.7. The predicted molar refractivity (Wildman–Crippen MR) is 127 cm³/mol. The maximum Gasteiger partial charge on any atom is 0.311 e. The predicted octanol–water partition coefficient (Wildman–Crippen LogP) is 2.37. The molecule has 0 aromatic heterocycles. The Labute approximate surface area is 201 Å². The molecular formula is C24H23N3O7S. The van der Waals surface area contributed by atoms with Gasteiger partial charge in [0.05, 0.1) is 16.2 Å². The average molecular weight is 498 g/mol. The van der Waals surface area contributed by atoms with Crippen LogP contribution in [0.1, 0.15) is 5.56 Å². The number of sulfonamides is 1. The quantitative estimate of drug-likeness (QED) is 0.279. The van der Waals surface area contributed by atoms with E-state index in [-0.39, 0.29) is 48.7 Å². The maximum absolute atomic E-state index is 13.1. The summed E-state index contributed by atoms with van der Waals surface area (Å²) in [6, 6.07) is 18.3.